The molecular weight excluding hydrogens is 218 g/mol. The van der Waals surface area contributed by atoms with Crippen molar-refractivity contribution in [2.24, 2.45) is 5.92 Å². The lowest BCUT2D eigenvalue weighted by Gasteiger charge is -2.25. The minimum absolute atomic E-state index is 0.134. The quantitative estimate of drug-likeness (QED) is 0.705. The average Bonchev–Trinajstić information content (AvgIpc) is 2.49. The number of nitrogens with zero attached hydrogens (tertiary/aromatic N) is 1. The number of rotatable bonds is 3. The van der Waals surface area contributed by atoms with Crippen LogP contribution in [0.2, 0.25) is 0 Å². The van der Waals surface area contributed by atoms with Gasteiger partial charge in [-0.1, -0.05) is 19.3 Å². The molecule has 0 radical (unpaired) electrons. The Balaban J connectivity index is 1.99. The molecule has 1 heterocycles. The van der Waals surface area contributed by atoms with Crippen molar-refractivity contribution in [3.8, 4) is 0 Å². The maximum absolute atomic E-state index is 11.9. The third kappa shape index (κ3) is 2.79. The first-order chi connectivity index (χ1) is 8.22. The van der Waals surface area contributed by atoms with E-state index in [2.05, 4.69) is 0 Å². The van der Waals surface area contributed by atoms with Gasteiger partial charge in [0, 0.05) is 12.5 Å². The summed E-state index contributed by atoms with van der Waals surface area (Å²) in [6, 6.07) is 0.286. The van der Waals surface area contributed by atoms with Crippen LogP contribution in [0.15, 0.2) is 0 Å². The molecule has 1 saturated heterocycles. The van der Waals surface area contributed by atoms with Crippen LogP contribution in [0.1, 0.15) is 45.4 Å². The molecule has 2 atom stereocenters. The summed E-state index contributed by atoms with van der Waals surface area (Å²) >= 11 is 0. The SMILES string of the molecule is CCOC(=O)CN1C(=O)CC2CCCCCC21. The van der Waals surface area contributed by atoms with E-state index in [1.807, 2.05) is 0 Å². The smallest absolute Gasteiger partial charge is 0.325 e. The van der Waals surface area contributed by atoms with E-state index in [0.29, 0.717) is 18.9 Å². The van der Waals surface area contributed by atoms with Gasteiger partial charge in [0.1, 0.15) is 6.54 Å². The highest BCUT2D eigenvalue weighted by Crippen LogP contribution is 2.35. The summed E-state index contributed by atoms with van der Waals surface area (Å²) in [5.41, 5.74) is 0. The van der Waals surface area contributed by atoms with Gasteiger partial charge in [0.15, 0.2) is 0 Å². The van der Waals surface area contributed by atoms with Gasteiger partial charge < -0.3 is 9.64 Å². The highest BCUT2D eigenvalue weighted by molar-refractivity contribution is 5.84. The number of esters is 1. The molecule has 96 valence electrons. The molecule has 1 amide bonds. The van der Waals surface area contributed by atoms with Crippen LogP contribution in [-0.4, -0.2) is 36.0 Å². The molecule has 0 bridgehead atoms. The highest BCUT2D eigenvalue weighted by atomic mass is 16.5. The van der Waals surface area contributed by atoms with Crippen LogP contribution in [0.4, 0.5) is 0 Å². The van der Waals surface area contributed by atoms with E-state index < -0.39 is 0 Å². The zero-order valence-electron chi connectivity index (χ0n) is 10.5. The predicted octanol–water partition coefficient (Wildman–Crippen LogP) is 1.73. The topological polar surface area (TPSA) is 46.6 Å². The van der Waals surface area contributed by atoms with Crippen molar-refractivity contribution < 1.29 is 14.3 Å². The number of hydrogen-bond acceptors (Lipinski definition) is 3. The molecule has 4 heteroatoms. The summed E-state index contributed by atoms with van der Waals surface area (Å²) in [6.45, 7) is 2.32. The number of hydrogen-bond donors (Lipinski definition) is 0. The van der Waals surface area contributed by atoms with E-state index >= 15 is 0 Å². The maximum atomic E-state index is 11.9. The van der Waals surface area contributed by atoms with Crippen molar-refractivity contribution in [1.29, 1.82) is 0 Å². The Bertz CT molecular complexity index is 303. The molecule has 1 aliphatic carbocycles. The molecule has 2 aliphatic rings. The summed E-state index contributed by atoms with van der Waals surface area (Å²) < 4.78 is 4.93. The minimum Gasteiger partial charge on any atom is -0.465 e. The number of amides is 1. The van der Waals surface area contributed by atoms with Gasteiger partial charge in [-0.2, -0.15) is 0 Å². The lowest BCUT2D eigenvalue weighted by Crippen LogP contribution is -2.39. The van der Waals surface area contributed by atoms with Gasteiger partial charge >= 0.3 is 5.97 Å². The Morgan fingerprint density at radius 3 is 2.88 bits per heavy atom. The standard InChI is InChI=1S/C13H21NO3/c1-2-17-13(16)9-14-11-7-5-3-4-6-10(11)8-12(14)15/h10-11H,2-9H2,1H3. The second kappa shape index (κ2) is 5.52. The fraction of sp³-hybridized carbons (Fsp3) is 0.846. The molecule has 4 nitrogen and oxygen atoms in total. The lowest BCUT2D eigenvalue weighted by atomic mass is 9.95. The largest absolute Gasteiger partial charge is 0.465 e. The predicted molar refractivity (Wildman–Crippen MR) is 63.3 cm³/mol. The number of fused-ring (bicyclic) bond motifs is 1. The average molecular weight is 239 g/mol. The Hall–Kier alpha value is -1.06. The minimum atomic E-state index is -0.272. The first-order valence-electron chi connectivity index (χ1n) is 6.67. The molecule has 0 aromatic rings. The Morgan fingerprint density at radius 1 is 1.35 bits per heavy atom. The fourth-order valence-electron chi connectivity index (χ4n) is 3.09. The second-order valence-corrected chi connectivity index (χ2v) is 5.00. The third-order valence-corrected chi connectivity index (χ3v) is 3.88. The molecule has 17 heavy (non-hydrogen) atoms. The van der Waals surface area contributed by atoms with E-state index in [0.717, 1.165) is 12.8 Å². The van der Waals surface area contributed by atoms with Crippen LogP contribution < -0.4 is 0 Å². The van der Waals surface area contributed by atoms with Crippen molar-refractivity contribution in [3.63, 3.8) is 0 Å². The number of carbonyl (C=O) groups is 2. The number of carbonyl (C=O) groups excluding carboxylic acids is 2. The molecule has 0 aromatic heterocycles. The van der Waals surface area contributed by atoms with Crippen LogP contribution in [0.3, 0.4) is 0 Å². The first-order valence-corrected chi connectivity index (χ1v) is 6.67. The fourth-order valence-corrected chi connectivity index (χ4v) is 3.09. The van der Waals surface area contributed by atoms with Crippen molar-refractivity contribution >= 4 is 11.9 Å². The Kier molecular flexibility index (Phi) is 4.02. The number of likely N-dealkylation sites (tertiary alicyclic amines) is 1. The van der Waals surface area contributed by atoms with E-state index in [-0.39, 0.29) is 24.5 Å². The molecule has 0 aromatic carbocycles. The third-order valence-electron chi connectivity index (χ3n) is 3.88. The molecule has 1 saturated carbocycles. The van der Waals surface area contributed by atoms with Crippen LogP contribution in [0.5, 0.6) is 0 Å². The molecular formula is C13H21NO3. The van der Waals surface area contributed by atoms with E-state index in [1.165, 1.54) is 19.3 Å². The van der Waals surface area contributed by atoms with Crippen molar-refractivity contribution in [3.05, 3.63) is 0 Å². The first kappa shape index (κ1) is 12.4. The van der Waals surface area contributed by atoms with Gasteiger partial charge in [0.2, 0.25) is 5.91 Å². The molecule has 2 unspecified atom stereocenters. The summed E-state index contributed by atoms with van der Waals surface area (Å²) in [5, 5.41) is 0. The van der Waals surface area contributed by atoms with Crippen molar-refractivity contribution in [2.75, 3.05) is 13.2 Å². The highest BCUT2D eigenvalue weighted by Gasteiger charge is 2.40. The summed E-state index contributed by atoms with van der Waals surface area (Å²) in [4.78, 5) is 25.2. The van der Waals surface area contributed by atoms with E-state index in [4.69, 9.17) is 4.74 Å². The van der Waals surface area contributed by atoms with Crippen molar-refractivity contribution in [1.82, 2.24) is 4.90 Å². The normalized spacial score (nSPS) is 28.8. The second-order valence-electron chi connectivity index (χ2n) is 5.00. The molecule has 0 N–H and O–H groups in total. The van der Waals surface area contributed by atoms with Crippen LogP contribution in [-0.2, 0) is 14.3 Å². The summed E-state index contributed by atoms with van der Waals surface area (Å²) in [7, 11) is 0. The van der Waals surface area contributed by atoms with Gasteiger partial charge in [0.25, 0.3) is 0 Å². The molecule has 0 spiro atoms. The zero-order valence-corrected chi connectivity index (χ0v) is 10.5. The monoisotopic (exact) mass is 239 g/mol. The molecule has 2 fully saturated rings. The van der Waals surface area contributed by atoms with Crippen LogP contribution in [0.25, 0.3) is 0 Å². The van der Waals surface area contributed by atoms with Gasteiger partial charge in [-0.25, -0.2) is 0 Å². The van der Waals surface area contributed by atoms with Gasteiger partial charge in [0.05, 0.1) is 6.61 Å². The van der Waals surface area contributed by atoms with Crippen LogP contribution in [0, 0.1) is 5.92 Å². The lowest BCUT2D eigenvalue weighted by molar-refractivity contribution is -0.148. The Labute approximate surface area is 102 Å². The molecule has 2 rings (SSSR count). The van der Waals surface area contributed by atoms with Crippen LogP contribution >= 0.6 is 0 Å². The summed E-state index contributed by atoms with van der Waals surface area (Å²) in [5.74, 6) is 0.333. The van der Waals surface area contributed by atoms with E-state index in [1.54, 1.807) is 11.8 Å². The van der Waals surface area contributed by atoms with Gasteiger partial charge in [-0.05, 0) is 25.7 Å². The maximum Gasteiger partial charge on any atom is 0.325 e. The summed E-state index contributed by atoms with van der Waals surface area (Å²) in [6.07, 6.45) is 6.47. The van der Waals surface area contributed by atoms with E-state index in [9.17, 15) is 9.59 Å². The molecule has 1 aliphatic heterocycles. The van der Waals surface area contributed by atoms with Gasteiger partial charge in [-0.15, -0.1) is 0 Å². The number of ether oxygens (including phenoxy) is 1. The van der Waals surface area contributed by atoms with Gasteiger partial charge in [-0.3, -0.25) is 9.59 Å². The van der Waals surface area contributed by atoms with Crippen molar-refractivity contribution in [2.45, 2.75) is 51.5 Å². The zero-order chi connectivity index (χ0) is 12.3. The Morgan fingerprint density at radius 2 is 2.12 bits per heavy atom.